The fourth-order valence-corrected chi connectivity index (χ4v) is 1.45. The van der Waals surface area contributed by atoms with Crippen LogP contribution in [0.2, 0.25) is 0 Å². The first-order valence-corrected chi connectivity index (χ1v) is 6.02. The average molecular weight is 229 g/mol. The molecule has 0 saturated carbocycles. The monoisotopic (exact) mass is 229 g/mol. The zero-order valence-electron chi connectivity index (χ0n) is 10.8. The Labute approximate surface area is 97.9 Å². The predicted molar refractivity (Wildman–Crippen MR) is 62.5 cm³/mol. The third kappa shape index (κ3) is 5.35. The highest BCUT2D eigenvalue weighted by atomic mass is 16.6. The molecule has 0 aromatic rings. The van der Waals surface area contributed by atoms with Gasteiger partial charge in [0.05, 0.1) is 12.7 Å². The quantitative estimate of drug-likeness (QED) is 0.680. The molecule has 94 valence electrons. The molecular weight excluding hydrogens is 206 g/mol. The van der Waals surface area contributed by atoms with Gasteiger partial charge in [-0.1, -0.05) is 0 Å². The third-order valence-corrected chi connectivity index (χ3v) is 2.39. The van der Waals surface area contributed by atoms with E-state index in [0.29, 0.717) is 12.6 Å². The fraction of sp³-hybridized carbons (Fsp3) is 0.917. The van der Waals surface area contributed by atoms with Gasteiger partial charge in [0.15, 0.2) is 0 Å². The molecule has 1 aliphatic heterocycles. The SMILES string of the molecule is CCN(CCC[C@H]1CO1)C(=O)OC(C)(C)C. The average Bonchev–Trinajstić information content (AvgIpc) is 2.92. The number of carbonyl (C=O) groups is 1. The van der Waals surface area contributed by atoms with Gasteiger partial charge in [0.25, 0.3) is 0 Å². The van der Waals surface area contributed by atoms with E-state index in [-0.39, 0.29) is 6.09 Å². The standard InChI is InChI=1S/C12H23NO3/c1-5-13(8-6-7-10-9-15-10)11(14)16-12(2,3)4/h10H,5-9H2,1-4H3/t10-/m0/s1. The molecule has 1 aliphatic rings. The van der Waals surface area contributed by atoms with Crippen LogP contribution in [-0.2, 0) is 9.47 Å². The zero-order valence-corrected chi connectivity index (χ0v) is 10.8. The van der Waals surface area contributed by atoms with Crippen LogP contribution in [0.1, 0.15) is 40.5 Å². The van der Waals surface area contributed by atoms with Crippen molar-refractivity contribution in [3.05, 3.63) is 0 Å². The fourth-order valence-electron chi connectivity index (χ4n) is 1.45. The van der Waals surface area contributed by atoms with Crippen LogP contribution in [0.3, 0.4) is 0 Å². The van der Waals surface area contributed by atoms with Crippen LogP contribution < -0.4 is 0 Å². The summed E-state index contributed by atoms with van der Waals surface area (Å²) in [7, 11) is 0. The van der Waals surface area contributed by atoms with Crippen LogP contribution in [-0.4, -0.2) is 42.4 Å². The summed E-state index contributed by atoms with van der Waals surface area (Å²) in [6.07, 6.45) is 2.25. The lowest BCUT2D eigenvalue weighted by atomic mass is 10.2. The number of amides is 1. The number of hydrogen-bond acceptors (Lipinski definition) is 3. The van der Waals surface area contributed by atoms with Crippen LogP contribution in [0.4, 0.5) is 4.79 Å². The molecule has 0 unspecified atom stereocenters. The van der Waals surface area contributed by atoms with Gasteiger partial charge in [0.2, 0.25) is 0 Å². The topological polar surface area (TPSA) is 42.1 Å². The van der Waals surface area contributed by atoms with Crippen LogP contribution in [0, 0.1) is 0 Å². The highest BCUT2D eigenvalue weighted by Gasteiger charge is 2.24. The lowest BCUT2D eigenvalue weighted by molar-refractivity contribution is 0.0256. The summed E-state index contributed by atoms with van der Waals surface area (Å²) in [4.78, 5) is 13.5. The summed E-state index contributed by atoms with van der Waals surface area (Å²) >= 11 is 0. The van der Waals surface area contributed by atoms with Crippen LogP contribution in [0.5, 0.6) is 0 Å². The Hall–Kier alpha value is -0.770. The molecule has 0 radical (unpaired) electrons. The molecule has 0 spiro atoms. The van der Waals surface area contributed by atoms with Gasteiger partial charge in [0.1, 0.15) is 5.60 Å². The Morgan fingerprint density at radius 3 is 2.56 bits per heavy atom. The largest absolute Gasteiger partial charge is 0.444 e. The second-order valence-electron chi connectivity index (χ2n) is 5.16. The van der Waals surface area contributed by atoms with Crippen molar-refractivity contribution in [3.8, 4) is 0 Å². The minimum absolute atomic E-state index is 0.216. The number of epoxide rings is 1. The van der Waals surface area contributed by atoms with Gasteiger partial charge in [-0.25, -0.2) is 4.79 Å². The predicted octanol–water partition coefficient (Wildman–Crippen LogP) is 2.42. The number of carbonyl (C=O) groups excluding carboxylic acids is 1. The molecule has 1 fully saturated rings. The van der Waals surface area contributed by atoms with Crippen molar-refractivity contribution < 1.29 is 14.3 Å². The van der Waals surface area contributed by atoms with Gasteiger partial charge in [-0.2, -0.15) is 0 Å². The Morgan fingerprint density at radius 1 is 1.50 bits per heavy atom. The van der Waals surface area contributed by atoms with Crippen molar-refractivity contribution in [2.75, 3.05) is 19.7 Å². The minimum Gasteiger partial charge on any atom is -0.444 e. The van der Waals surface area contributed by atoms with Gasteiger partial charge in [-0.3, -0.25) is 0 Å². The summed E-state index contributed by atoms with van der Waals surface area (Å²) in [5.74, 6) is 0. The van der Waals surface area contributed by atoms with E-state index in [9.17, 15) is 4.79 Å². The highest BCUT2D eigenvalue weighted by Crippen LogP contribution is 2.16. The molecule has 16 heavy (non-hydrogen) atoms. The molecule has 0 aromatic carbocycles. The van der Waals surface area contributed by atoms with Crippen LogP contribution in [0.15, 0.2) is 0 Å². The van der Waals surface area contributed by atoms with E-state index < -0.39 is 5.60 Å². The second-order valence-corrected chi connectivity index (χ2v) is 5.16. The van der Waals surface area contributed by atoms with Gasteiger partial charge in [-0.15, -0.1) is 0 Å². The Kier molecular flexibility index (Phi) is 4.59. The molecule has 0 N–H and O–H groups in total. The summed E-state index contributed by atoms with van der Waals surface area (Å²) in [6.45, 7) is 9.96. The van der Waals surface area contributed by atoms with E-state index in [4.69, 9.17) is 9.47 Å². The Bertz CT molecular complexity index is 231. The summed E-state index contributed by atoms with van der Waals surface area (Å²) in [5.41, 5.74) is -0.413. The molecule has 1 rings (SSSR count). The maximum atomic E-state index is 11.8. The van der Waals surface area contributed by atoms with Crippen molar-refractivity contribution in [1.82, 2.24) is 4.90 Å². The highest BCUT2D eigenvalue weighted by molar-refractivity contribution is 5.68. The summed E-state index contributed by atoms with van der Waals surface area (Å²) in [6, 6.07) is 0. The van der Waals surface area contributed by atoms with Crippen molar-refractivity contribution in [2.24, 2.45) is 0 Å². The molecule has 4 nitrogen and oxygen atoms in total. The first kappa shape index (κ1) is 13.3. The maximum Gasteiger partial charge on any atom is 0.410 e. The lowest BCUT2D eigenvalue weighted by Crippen LogP contribution is -2.37. The van der Waals surface area contributed by atoms with Crippen LogP contribution in [0.25, 0.3) is 0 Å². The number of ether oxygens (including phenoxy) is 2. The Morgan fingerprint density at radius 2 is 2.12 bits per heavy atom. The molecule has 0 aliphatic carbocycles. The van der Waals surface area contributed by atoms with E-state index >= 15 is 0 Å². The van der Waals surface area contributed by atoms with E-state index in [1.54, 1.807) is 4.90 Å². The van der Waals surface area contributed by atoms with Gasteiger partial charge in [-0.05, 0) is 40.5 Å². The number of hydrogen-bond donors (Lipinski definition) is 0. The van der Waals surface area contributed by atoms with Crippen molar-refractivity contribution >= 4 is 6.09 Å². The minimum atomic E-state index is -0.413. The van der Waals surface area contributed by atoms with E-state index in [1.807, 2.05) is 27.7 Å². The molecule has 1 amide bonds. The smallest absolute Gasteiger partial charge is 0.410 e. The van der Waals surface area contributed by atoms with Crippen molar-refractivity contribution in [3.63, 3.8) is 0 Å². The van der Waals surface area contributed by atoms with Crippen LogP contribution >= 0.6 is 0 Å². The van der Waals surface area contributed by atoms with Gasteiger partial charge in [0, 0.05) is 13.1 Å². The maximum absolute atomic E-state index is 11.8. The van der Waals surface area contributed by atoms with Crippen molar-refractivity contribution in [1.29, 1.82) is 0 Å². The summed E-state index contributed by atoms with van der Waals surface area (Å²) in [5, 5.41) is 0. The van der Waals surface area contributed by atoms with Crippen molar-refractivity contribution in [2.45, 2.75) is 52.2 Å². The first-order valence-electron chi connectivity index (χ1n) is 6.02. The van der Waals surface area contributed by atoms with E-state index in [0.717, 1.165) is 26.0 Å². The first-order chi connectivity index (χ1) is 7.42. The van der Waals surface area contributed by atoms with Gasteiger partial charge >= 0.3 is 6.09 Å². The number of nitrogens with zero attached hydrogens (tertiary/aromatic N) is 1. The summed E-state index contributed by atoms with van der Waals surface area (Å²) < 4.78 is 10.4. The molecule has 1 atom stereocenters. The zero-order chi connectivity index (χ0) is 12.2. The molecule has 1 heterocycles. The number of rotatable bonds is 5. The molecule has 1 saturated heterocycles. The third-order valence-electron chi connectivity index (χ3n) is 2.39. The second kappa shape index (κ2) is 5.53. The Balaban J connectivity index is 2.24. The van der Waals surface area contributed by atoms with Gasteiger partial charge < -0.3 is 14.4 Å². The van der Waals surface area contributed by atoms with E-state index in [1.165, 1.54) is 0 Å². The van der Waals surface area contributed by atoms with E-state index in [2.05, 4.69) is 0 Å². The lowest BCUT2D eigenvalue weighted by Gasteiger charge is -2.26. The molecular formula is C12H23NO3. The molecule has 4 heteroatoms. The normalized spacial score (nSPS) is 19.4. The molecule has 0 bridgehead atoms. The molecule has 0 aromatic heterocycles.